The van der Waals surface area contributed by atoms with Crippen LogP contribution in [0.3, 0.4) is 0 Å². The number of amides is 3. The standard InChI is InChI=1S/C19H19F2N3O3/c1-10-3-5-12(6-4-10)23-19(26)24-16-13(9-22-18(16)25)11-7-14(20)17(27-2)15(21)8-11/h3-8,13,16H,9H2,1-2H3,(H,22,25)(H2,23,24,26)/t13-,16-/m0/s1. The second kappa shape index (κ2) is 7.61. The number of hydrogen-bond donors (Lipinski definition) is 3. The van der Waals surface area contributed by atoms with Gasteiger partial charge >= 0.3 is 6.03 Å². The Bertz CT molecular complexity index is 848. The van der Waals surface area contributed by atoms with Gasteiger partial charge in [0.2, 0.25) is 5.91 Å². The van der Waals surface area contributed by atoms with Gasteiger partial charge in [0.15, 0.2) is 17.4 Å². The van der Waals surface area contributed by atoms with Crippen LogP contribution in [0.5, 0.6) is 5.75 Å². The van der Waals surface area contributed by atoms with Gasteiger partial charge in [-0.25, -0.2) is 13.6 Å². The molecule has 0 bridgehead atoms. The molecule has 2 aromatic rings. The second-order valence-corrected chi connectivity index (χ2v) is 6.31. The fraction of sp³-hybridized carbons (Fsp3) is 0.263. The monoisotopic (exact) mass is 375 g/mol. The molecule has 0 saturated carbocycles. The number of aryl methyl sites for hydroxylation is 1. The van der Waals surface area contributed by atoms with E-state index in [1.807, 2.05) is 19.1 Å². The Morgan fingerprint density at radius 3 is 2.41 bits per heavy atom. The number of halogens is 2. The third-order valence-corrected chi connectivity index (χ3v) is 4.43. The zero-order chi connectivity index (χ0) is 19.6. The predicted octanol–water partition coefficient (Wildman–Crippen LogP) is 2.69. The molecular weight excluding hydrogens is 356 g/mol. The Labute approximate surface area is 154 Å². The molecule has 0 aliphatic carbocycles. The molecule has 1 saturated heterocycles. The van der Waals surface area contributed by atoms with Gasteiger partial charge in [0.1, 0.15) is 6.04 Å². The second-order valence-electron chi connectivity index (χ2n) is 6.31. The molecule has 1 aliphatic heterocycles. The van der Waals surface area contributed by atoms with Gasteiger partial charge < -0.3 is 20.7 Å². The maximum absolute atomic E-state index is 14.0. The van der Waals surface area contributed by atoms with Crippen LogP contribution in [-0.4, -0.2) is 31.6 Å². The van der Waals surface area contributed by atoms with Gasteiger partial charge in [-0.15, -0.1) is 0 Å². The molecule has 27 heavy (non-hydrogen) atoms. The molecule has 1 heterocycles. The van der Waals surface area contributed by atoms with E-state index in [9.17, 15) is 18.4 Å². The number of methoxy groups -OCH3 is 1. The van der Waals surface area contributed by atoms with Crippen LogP contribution in [0.25, 0.3) is 0 Å². The highest BCUT2D eigenvalue weighted by Gasteiger charge is 2.37. The first-order valence-corrected chi connectivity index (χ1v) is 8.34. The molecule has 3 rings (SSSR count). The van der Waals surface area contributed by atoms with Gasteiger partial charge in [-0.2, -0.15) is 0 Å². The Kier molecular flexibility index (Phi) is 5.25. The highest BCUT2D eigenvalue weighted by Crippen LogP contribution is 2.30. The van der Waals surface area contributed by atoms with Crippen molar-refractivity contribution < 1.29 is 23.1 Å². The summed E-state index contributed by atoms with van der Waals surface area (Å²) < 4.78 is 32.7. The minimum atomic E-state index is -0.956. The molecule has 2 aromatic carbocycles. The van der Waals surface area contributed by atoms with Crippen molar-refractivity contribution in [2.75, 3.05) is 19.0 Å². The lowest BCUT2D eigenvalue weighted by Gasteiger charge is -2.19. The highest BCUT2D eigenvalue weighted by molar-refractivity contribution is 5.95. The van der Waals surface area contributed by atoms with Crippen LogP contribution in [0.2, 0.25) is 0 Å². The van der Waals surface area contributed by atoms with Crippen LogP contribution in [-0.2, 0) is 4.79 Å². The number of carbonyl (C=O) groups excluding carboxylic acids is 2. The normalized spacial score (nSPS) is 18.7. The number of carbonyl (C=O) groups is 2. The van der Waals surface area contributed by atoms with Crippen LogP contribution >= 0.6 is 0 Å². The molecule has 2 atom stereocenters. The van der Waals surface area contributed by atoms with Gasteiger partial charge in [0.25, 0.3) is 0 Å². The number of rotatable bonds is 4. The molecule has 0 unspecified atom stereocenters. The van der Waals surface area contributed by atoms with E-state index in [1.165, 1.54) is 7.11 Å². The lowest BCUT2D eigenvalue weighted by molar-refractivity contribution is -0.120. The summed E-state index contributed by atoms with van der Waals surface area (Å²) in [5.74, 6) is -3.26. The topological polar surface area (TPSA) is 79.5 Å². The van der Waals surface area contributed by atoms with Crippen LogP contribution in [0.1, 0.15) is 17.0 Å². The first-order valence-electron chi connectivity index (χ1n) is 8.34. The van der Waals surface area contributed by atoms with Crippen molar-refractivity contribution in [3.05, 3.63) is 59.2 Å². The molecule has 0 spiro atoms. The maximum atomic E-state index is 14.0. The number of benzene rings is 2. The van der Waals surface area contributed by atoms with Gasteiger partial charge in [0, 0.05) is 18.2 Å². The summed E-state index contributed by atoms with van der Waals surface area (Å²) in [6, 6.07) is 7.82. The summed E-state index contributed by atoms with van der Waals surface area (Å²) in [6.45, 7) is 2.07. The Morgan fingerprint density at radius 2 is 1.81 bits per heavy atom. The molecule has 1 aliphatic rings. The van der Waals surface area contributed by atoms with E-state index < -0.39 is 41.3 Å². The van der Waals surface area contributed by atoms with Crippen LogP contribution in [0.15, 0.2) is 36.4 Å². The molecule has 0 aromatic heterocycles. The van der Waals surface area contributed by atoms with Crippen LogP contribution < -0.4 is 20.7 Å². The van der Waals surface area contributed by atoms with E-state index in [2.05, 4.69) is 20.7 Å². The maximum Gasteiger partial charge on any atom is 0.319 e. The fourth-order valence-electron chi connectivity index (χ4n) is 3.03. The molecule has 1 fully saturated rings. The minimum absolute atomic E-state index is 0.152. The number of urea groups is 1. The van der Waals surface area contributed by atoms with Gasteiger partial charge in [-0.05, 0) is 36.8 Å². The molecule has 6 nitrogen and oxygen atoms in total. The van der Waals surface area contributed by atoms with E-state index in [0.29, 0.717) is 5.69 Å². The Hall–Kier alpha value is -3.16. The summed E-state index contributed by atoms with van der Waals surface area (Å²) in [6.07, 6.45) is 0. The zero-order valence-corrected chi connectivity index (χ0v) is 14.8. The smallest absolute Gasteiger partial charge is 0.319 e. The molecular formula is C19H19F2N3O3. The number of hydrogen-bond acceptors (Lipinski definition) is 3. The summed E-state index contributed by atoms with van der Waals surface area (Å²) in [5, 5.41) is 7.81. The van der Waals surface area contributed by atoms with Crippen molar-refractivity contribution in [3.63, 3.8) is 0 Å². The van der Waals surface area contributed by atoms with E-state index >= 15 is 0 Å². The summed E-state index contributed by atoms with van der Waals surface area (Å²) in [4.78, 5) is 24.4. The lowest BCUT2D eigenvalue weighted by Crippen LogP contribution is -2.44. The zero-order valence-electron chi connectivity index (χ0n) is 14.8. The van der Waals surface area contributed by atoms with E-state index in [-0.39, 0.29) is 12.1 Å². The quantitative estimate of drug-likeness (QED) is 0.769. The molecule has 3 N–H and O–H groups in total. The fourth-order valence-corrected chi connectivity index (χ4v) is 3.03. The Morgan fingerprint density at radius 1 is 1.19 bits per heavy atom. The molecule has 3 amide bonds. The third kappa shape index (κ3) is 3.99. The van der Waals surface area contributed by atoms with Crippen LogP contribution in [0.4, 0.5) is 19.3 Å². The van der Waals surface area contributed by atoms with Crippen LogP contribution in [0, 0.1) is 18.6 Å². The van der Waals surface area contributed by atoms with Gasteiger partial charge in [-0.1, -0.05) is 17.7 Å². The third-order valence-electron chi connectivity index (χ3n) is 4.43. The van der Waals surface area contributed by atoms with Crippen molar-refractivity contribution in [1.82, 2.24) is 10.6 Å². The number of ether oxygens (including phenoxy) is 1. The average molecular weight is 375 g/mol. The van der Waals surface area contributed by atoms with Gasteiger partial charge in [0.05, 0.1) is 7.11 Å². The van der Waals surface area contributed by atoms with Crippen molar-refractivity contribution in [2.45, 2.75) is 18.9 Å². The largest absolute Gasteiger partial charge is 0.491 e. The van der Waals surface area contributed by atoms with Crippen molar-refractivity contribution >= 4 is 17.6 Å². The average Bonchev–Trinajstić information content (AvgIpc) is 2.97. The molecule has 8 heteroatoms. The van der Waals surface area contributed by atoms with E-state index in [0.717, 1.165) is 17.7 Å². The summed E-state index contributed by atoms with van der Waals surface area (Å²) in [7, 11) is 1.17. The van der Waals surface area contributed by atoms with E-state index in [4.69, 9.17) is 0 Å². The Balaban J connectivity index is 1.76. The lowest BCUT2D eigenvalue weighted by atomic mass is 9.93. The summed E-state index contributed by atoms with van der Waals surface area (Å²) >= 11 is 0. The molecule has 142 valence electrons. The summed E-state index contributed by atoms with van der Waals surface area (Å²) in [5.41, 5.74) is 1.86. The first-order chi connectivity index (χ1) is 12.9. The molecule has 0 radical (unpaired) electrons. The van der Waals surface area contributed by atoms with Crippen molar-refractivity contribution in [1.29, 1.82) is 0 Å². The van der Waals surface area contributed by atoms with Crippen molar-refractivity contribution in [2.24, 2.45) is 0 Å². The number of anilines is 1. The van der Waals surface area contributed by atoms with E-state index in [1.54, 1.807) is 12.1 Å². The first kappa shape index (κ1) is 18.6. The van der Waals surface area contributed by atoms with Gasteiger partial charge in [-0.3, -0.25) is 4.79 Å². The minimum Gasteiger partial charge on any atom is -0.491 e. The number of nitrogens with one attached hydrogen (secondary N) is 3. The highest BCUT2D eigenvalue weighted by atomic mass is 19.1. The SMILES string of the molecule is COc1c(F)cc([C@@H]2CNC(=O)[C@H]2NC(=O)Nc2ccc(C)cc2)cc1F. The van der Waals surface area contributed by atoms with Crippen molar-refractivity contribution in [3.8, 4) is 5.75 Å². The predicted molar refractivity (Wildman–Crippen MR) is 95.8 cm³/mol.